The third-order valence-corrected chi connectivity index (χ3v) is 5.13. The fourth-order valence-electron chi connectivity index (χ4n) is 3.24. The Balaban J connectivity index is 0.000000201. The maximum absolute atomic E-state index is 9.55. The van der Waals surface area contributed by atoms with Crippen molar-refractivity contribution in [1.82, 2.24) is 0 Å². The van der Waals surface area contributed by atoms with Crippen molar-refractivity contribution < 1.29 is 29.9 Å². The fourth-order valence-corrected chi connectivity index (χ4v) is 3.24. The van der Waals surface area contributed by atoms with Gasteiger partial charge in [0.2, 0.25) is 11.5 Å². The molecule has 6 heteroatoms. The number of hydrogen-bond donors (Lipinski definition) is 4. The number of phenols is 4. The molecule has 0 spiro atoms. The lowest BCUT2D eigenvalue weighted by Crippen LogP contribution is -1.85. The van der Waals surface area contributed by atoms with E-state index in [9.17, 15) is 20.4 Å². The molecule has 0 saturated carbocycles. The van der Waals surface area contributed by atoms with E-state index >= 15 is 0 Å². The number of rotatable bonds is 6. The fraction of sp³-hybridized carbons (Fsp3) is 0.0667. The van der Waals surface area contributed by atoms with Gasteiger partial charge >= 0.3 is 0 Å². The van der Waals surface area contributed by atoms with Gasteiger partial charge in [0, 0.05) is 0 Å². The van der Waals surface area contributed by atoms with Crippen molar-refractivity contribution in [3.63, 3.8) is 0 Å². The molecule has 0 radical (unpaired) electrons. The van der Waals surface area contributed by atoms with Crippen LogP contribution in [-0.4, -0.2) is 34.6 Å². The zero-order chi connectivity index (χ0) is 25.9. The molecule has 4 aromatic carbocycles. The molecule has 0 saturated heterocycles. The van der Waals surface area contributed by atoms with Crippen LogP contribution in [-0.2, 0) is 0 Å². The average molecular weight is 485 g/mol. The first-order valence-corrected chi connectivity index (χ1v) is 11.1. The van der Waals surface area contributed by atoms with Crippen LogP contribution in [0.5, 0.6) is 34.5 Å². The van der Waals surface area contributed by atoms with Crippen LogP contribution in [0.25, 0.3) is 24.3 Å². The van der Waals surface area contributed by atoms with Crippen LogP contribution in [0.15, 0.2) is 84.9 Å². The van der Waals surface area contributed by atoms with E-state index in [1.54, 1.807) is 12.1 Å². The third-order valence-electron chi connectivity index (χ3n) is 5.13. The summed E-state index contributed by atoms with van der Waals surface area (Å²) >= 11 is 0. The molecule has 4 rings (SSSR count). The van der Waals surface area contributed by atoms with Gasteiger partial charge in [0.1, 0.15) is 0 Å². The molecule has 4 N–H and O–H groups in total. The van der Waals surface area contributed by atoms with E-state index in [1.807, 2.05) is 85.0 Å². The third kappa shape index (κ3) is 7.08. The average Bonchev–Trinajstić information content (AvgIpc) is 2.91. The summed E-state index contributed by atoms with van der Waals surface area (Å²) in [5.74, 6) is -0.363. The Morgan fingerprint density at radius 1 is 0.472 bits per heavy atom. The van der Waals surface area contributed by atoms with Crippen molar-refractivity contribution in [2.45, 2.75) is 0 Å². The highest BCUT2D eigenvalue weighted by Crippen LogP contribution is 2.37. The maximum Gasteiger partial charge on any atom is 0.200 e. The van der Waals surface area contributed by atoms with E-state index in [4.69, 9.17) is 9.47 Å². The van der Waals surface area contributed by atoms with Gasteiger partial charge in [-0.05, 0) is 46.5 Å². The summed E-state index contributed by atoms with van der Waals surface area (Å²) in [5.41, 5.74) is 3.63. The SMILES string of the molecule is COc1cc(C=Cc2ccccc2)cc(O)c1O.COc1cc(C=Cc2ccccc2)cc(O)c1O. The van der Waals surface area contributed by atoms with Crippen LogP contribution < -0.4 is 9.47 Å². The second-order valence-electron chi connectivity index (χ2n) is 7.67. The van der Waals surface area contributed by atoms with E-state index in [-0.39, 0.29) is 34.5 Å². The van der Waals surface area contributed by atoms with E-state index in [0.29, 0.717) is 0 Å². The molecule has 0 aromatic heterocycles. The summed E-state index contributed by atoms with van der Waals surface area (Å²) in [7, 11) is 2.89. The predicted octanol–water partition coefficient (Wildman–Crippen LogP) is 6.55. The van der Waals surface area contributed by atoms with Gasteiger partial charge in [-0.3, -0.25) is 0 Å². The molecule has 36 heavy (non-hydrogen) atoms. The zero-order valence-electron chi connectivity index (χ0n) is 20.0. The normalized spacial score (nSPS) is 10.7. The molecular formula is C30H28O6. The molecule has 6 nitrogen and oxygen atoms in total. The second-order valence-corrected chi connectivity index (χ2v) is 7.67. The Morgan fingerprint density at radius 3 is 1.14 bits per heavy atom. The van der Waals surface area contributed by atoms with E-state index < -0.39 is 0 Å². The van der Waals surface area contributed by atoms with Gasteiger partial charge in [-0.25, -0.2) is 0 Å². The molecule has 0 fully saturated rings. The van der Waals surface area contributed by atoms with Crippen LogP contribution in [0.2, 0.25) is 0 Å². The van der Waals surface area contributed by atoms with Crippen molar-refractivity contribution in [2.75, 3.05) is 14.2 Å². The van der Waals surface area contributed by atoms with Gasteiger partial charge in [0.15, 0.2) is 23.0 Å². The first kappa shape index (κ1) is 25.8. The van der Waals surface area contributed by atoms with E-state index in [1.165, 1.54) is 26.4 Å². The minimum Gasteiger partial charge on any atom is -0.504 e. The van der Waals surface area contributed by atoms with Crippen LogP contribution in [0.4, 0.5) is 0 Å². The molecule has 0 atom stereocenters. The van der Waals surface area contributed by atoms with Crippen LogP contribution in [0, 0.1) is 0 Å². The summed E-state index contributed by atoms with van der Waals surface area (Å²) < 4.78 is 9.95. The van der Waals surface area contributed by atoms with Crippen molar-refractivity contribution >= 4 is 24.3 Å². The van der Waals surface area contributed by atoms with Crippen molar-refractivity contribution in [2.24, 2.45) is 0 Å². The molecule has 0 aliphatic heterocycles. The van der Waals surface area contributed by atoms with Gasteiger partial charge in [0.05, 0.1) is 14.2 Å². The number of phenolic OH excluding ortho intramolecular Hbond substituents is 4. The van der Waals surface area contributed by atoms with Crippen molar-refractivity contribution in [3.8, 4) is 34.5 Å². The number of hydrogen-bond acceptors (Lipinski definition) is 6. The molecule has 0 unspecified atom stereocenters. The number of ether oxygens (including phenoxy) is 2. The maximum atomic E-state index is 9.55. The van der Waals surface area contributed by atoms with E-state index in [0.717, 1.165) is 22.3 Å². The smallest absolute Gasteiger partial charge is 0.200 e. The summed E-state index contributed by atoms with van der Waals surface area (Å²) in [6.45, 7) is 0. The number of methoxy groups -OCH3 is 2. The summed E-state index contributed by atoms with van der Waals surface area (Å²) in [5, 5.41) is 38.1. The summed E-state index contributed by atoms with van der Waals surface area (Å²) in [4.78, 5) is 0. The van der Waals surface area contributed by atoms with Gasteiger partial charge in [-0.1, -0.05) is 85.0 Å². The minimum atomic E-state index is -0.241. The highest BCUT2D eigenvalue weighted by atomic mass is 16.5. The Morgan fingerprint density at radius 2 is 0.806 bits per heavy atom. The standard InChI is InChI=1S/2C15H14O3/c2*1-18-14-10-12(9-13(16)15(14)17)8-7-11-5-3-2-4-6-11/h2*2-10,16-17H,1H3. The first-order valence-electron chi connectivity index (χ1n) is 11.1. The number of aromatic hydroxyl groups is 4. The lowest BCUT2D eigenvalue weighted by Gasteiger charge is -2.06. The molecule has 4 aromatic rings. The monoisotopic (exact) mass is 484 g/mol. The highest BCUT2D eigenvalue weighted by molar-refractivity contribution is 5.73. The van der Waals surface area contributed by atoms with Crippen LogP contribution in [0.1, 0.15) is 22.3 Å². The second kappa shape index (κ2) is 12.6. The summed E-state index contributed by atoms with van der Waals surface area (Å²) in [6.07, 6.45) is 7.53. The van der Waals surface area contributed by atoms with Crippen molar-refractivity contribution in [3.05, 3.63) is 107 Å². The lowest BCUT2D eigenvalue weighted by molar-refractivity contribution is 0.351. The van der Waals surface area contributed by atoms with Gasteiger partial charge < -0.3 is 29.9 Å². The Bertz CT molecular complexity index is 1220. The van der Waals surface area contributed by atoms with Crippen molar-refractivity contribution in [1.29, 1.82) is 0 Å². The topological polar surface area (TPSA) is 99.4 Å². The number of benzene rings is 4. The summed E-state index contributed by atoms with van der Waals surface area (Å²) in [6, 6.07) is 25.9. The van der Waals surface area contributed by atoms with Crippen LogP contribution in [0.3, 0.4) is 0 Å². The quantitative estimate of drug-likeness (QED) is 0.183. The Kier molecular flexibility index (Phi) is 9.00. The molecule has 0 heterocycles. The molecule has 0 aliphatic rings. The molecule has 184 valence electrons. The molecular weight excluding hydrogens is 456 g/mol. The molecule has 0 bridgehead atoms. The zero-order valence-corrected chi connectivity index (χ0v) is 20.0. The van der Waals surface area contributed by atoms with Crippen LogP contribution >= 0.6 is 0 Å². The lowest BCUT2D eigenvalue weighted by atomic mass is 10.1. The van der Waals surface area contributed by atoms with Gasteiger partial charge in [-0.2, -0.15) is 0 Å². The van der Waals surface area contributed by atoms with E-state index in [2.05, 4.69) is 0 Å². The first-order chi connectivity index (χ1) is 17.4. The largest absolute Gasteiger partial charge is 0.504 e. The Labute approximate surface area is 210 Å². The highest BCUT2D eigenvalue weighted by Gasteiger charge is 2.09. The minimum absolute atomic E-state index is 0.193. The van der Waals surface area contributed by atoms with Gasteiger partial charge in [-0.15, -0.1) is 0 Å². The molecule has 0 aliphatic carbocycles. The Hall–Kier alpha value is -4.84. The predicted molar refractivity (Wildman–Crippen MR) is 143 cm³/mol. The van der Waals surface area contributed by atoms with Gasteiger partial charge in [0.25, 0.3) is 0 Å². The molecule has 0 amide bonds.